The van der Waals surface area contributed by atoms with E-state index in [0.717, 1.165) is 5.92 Å². The summed E-state index contributed by atoms with van der Waals surface area (Å²) in [5.74, 6) is 0.940. The van der Waals surface area contributed by atoms with Crippen molar-refractivity contribution in [1.29, 1.82) is 0 Å². The lowest BCUT2D eigenvalue weighted by molar-refractivity contribution is 0.0784. The molecule has 1 saturated carbocycles. The van der Waals surface area contributed by atoms with Crippen LogP contribution in [0.5, 0.6) is 0 Å². The summed E-state index contributed by atoms with van der Waals surface area (Å²) in [6, 6.07) is 0. The van der Waals surface area contributed by atoms with E-state index in [4.69, 9.17) is 5.11 Å². The maximum absolute atomic E-state index is 9.16. The Morgan fingerprint density at radius 3 is 2.55 bits per heavy atom. The Kier molecular flexibility index (Phi) is 1.40. The van der Waals surface area contributed by atoms with Crippen LogP contribution >= 0.6 is 0 Å². The molecule has 1 nitrogen and oxygen atoms in total. The third-order valence-corrected chi connectivity index (χ3v) is 3.48. The van der Waals surface area contributed by atoms with E-state index in [0.29, 0.717) is 5.41 Å². The molecule has 3 aliphatic carbocycles. The molecule has 3 rings (SSSR count). The van der Waals surface area contributed by atoms with E-state index in [1.54, 1.807) is 0 Å². The SMILES string of the molecule is CC1=C(CO)C2(C)CC(C1)C2. The van der Waals surface area contributed by atoms with Gasteiger partial charge in [-0.2, -0.15) is 0 Å². The van der Waals surface area contributed by atoms with Crippen molar-refractivity contribution in [2.75, 3.05) is 6.61 Å². The minimum atomic E-state index is 0.287. The molecule has 1 heteroatoms. The lowest BCUT2D eigenvalue weighted by atomic mass is 9.53. The van der Waals surface area contributed by atoms with Gasteiger partial charge in [-0.1, -0.05) is 12.5 Å². The van der Waals surface area contributed by atoms with Gasteiger partial charge in [0.25, 0.3) is 0 Å². The van der Waals surface area contributed by atoms with Gasteiger partial charge in [0, 0.05) is 0 Å². The first-order valence-electron chi connectivity index (χ1n) is 4.46. The summed E-state index contributed by atoms with van der Waals surface area (Å²) in [6.45, 7) is 4.75. The largest absolute Gasteiger partial charge is 0.392 e. The molecule has 1 fully saturated rings. The fourth-order valence-corrected chi connectivity index (χ4v) is 3.00. The summed E-state index contributed by atoms with van der Waals surface area (Å²) >= 11 is 0. The average Bonchev–Trinajstić information content (AvgIpc) is 1.84. The van der Waals surface area contributed by atoms with Gasteiger partial charge in [0.1, 0.15) is 0 Å². The fourth-order valence-electron chi connectivity index (χ4n) is 3.00. The molecule has 0 aromatic rings. The molecule has 0 atom stereocenters. The van der Waals surface area contributed by atoms with Gasteiger partial charge in [0.15, 0.2) is 0 Å². The highest BCUT2D eigenvalue weighted by molar-refractivity contribution is 5.29. The van der Waals surface area contributed by atoms with Crippen LogP contribution in [0.15, 0.2) is 11.1 Å². The molecular formula is C10H16O. The van der Waals surface area contributed by atoms with Gasteiger partial charge in [0.2, 0.25) is 0 Å². The van der Waals surface area contributed by atoms with E-state index in [-0.39, 0.29) is 6.61 Å². The third kappa shape index (κ3) is 0.871. The van der Waals surface area contributed by atoms with Crippen LogP contribution in [0, 0.1) is 11.3 Å². The Morgan fingerprint density at radius 1 is 1.55 bits per heavy atom. The van der Waals surface area contributed by atoms with E-state index in [1.165, 1.54) is 30.4 Å². The molecule has 11 heavy (non-hydrogen) atoms. The van der Waals surface area contributed by atoms with Gasteiger partial charge >= 0.3 is 0 Å². The van der Waals surface area contributed by atoms with Crippen LogP contribution in [0.2, 0.25) is 0 Å². The highest BCUT2D eigenvalue weighted by atomic mass is 16.3. The minimum Gasteiger partial charge on any atom is -0.392 e. The quantitative estimate of drug-likeness (QED) is 0.570. The van der Waals surface area contributed by atoms with Gasteiger partial charge in [-0.25, -0.2) is 0 Å². The Hall–Kier alpha value is -0.300. The zero-order valence-electron chi connectivity index (χ0n) is 7.35. The molecular weight excluding hydrogens is 136 g/mol. The molecule has 0 aliphatic heterocycles. The van der Waals surface area contributed by atoms with Crippen LogP contribution in [0.3, 0.4) is 0 Å². The summed E-state index contributed by atoms with van der Waals surface area (Å²) in [6.07, 6.45) is 3.88. The maximum Gasteiger partial charge on any atom is 0.0649 e. The minimum absolute atomic E-state index is 0.287. The third-order valence-electron chi connectivity index (χ3n) is 3.48. The van der Waals surface area contributed by atoms with Crippen LogP contribution in [0.25, 0.3) is 0 Å². The summed E-state index contributed by atoms with van der Waals surface area (Å²) in [5.41, 5.74) is 3.18. The smallest absolute Gasteiger partial charge is 0.0649 e. The van der Waals surface area contributed by atoms with Crippen molar-refractivity contribution in [3.05, 3.63) is 11.1 Å². The number of allylic oxidation sites excluding steroid dienone is 1. The van der Waals surface area contributed by atoms with Crippen LogP contribution in [0.1, 0.15) is 33.1 Å². The average molecular weight is 152 g/mol. The number of fused-ring (bicyclic) bond motifs is 1. The van der Waals surface area contributed by atoms with Crippen LogP contribution in [0.4, 0.5) is 0 Å². The molecule has 0 spiro atoms. The van der Waals surface area contributed by atoms with Crippen LogP contribution in [-0.2, 0) is 0 Å². The Morgan fingerprint density at radius 2 is 2.18 bits per heavy atom. The maximum atomic E-state index is 9.16. The summed E-state index contributed by atoms with van der Waals surface area (Å²) in [7, 11) is 0. The molecule has 0 amide bonds. The predicted molar refractivity (Wildman–Crippen MR) is 45.2 cm³/mol. The normalized spacial score (nSPS) is 42.3. The van der Waals surface area contributed by atoms with Gasteiger partial charge in [-0.3, -0.25) is 0 Å². The monoisotopic (exact) mass is 152 g/mol. The van der Waals surface area contributed by atoms with Gasteiger partial charge < -0.3 is 5.11 Å². The Labute approximate surface area is 68.1 Å². The van der Waals surface area contributed by atoms with E-state index < -0.39 is 0 Å². The van der Waals surface area contributed by atoms with Crippen molar-refractivity contribution in [3.8, 4) is 0 Å². The number of aliphatic hydroxyl groups is 1. The molecule has 2 bridgehead atoms. The molecule has 62 valence electrons. The van der Waals surface area contributed by atoms with Crippen molar-refractivity contribution in [1.82, 2.24) is 0 Å². The topological polar surface area (TPSA) is 20.2 Å². The fraction of sp³-hybridized carbons (Fsp3) is 0.800. The van der Waals surface area contributed by atoms with Crippen LogP contribution < -0.4 is 0 Å². The van der Waals surface area contributed by atoms with Gasteiger partial charge in [0.05, 0.1) is 6.61 Å². The molecule has 0 saturated heterocycles. The Balaban J connectivity index is 2.33. The number of hydrogen-bond acceptors (Lipinski definition) is 1. The zero-order valence-corrected chi connectivity index (χ0v) is 7.35. The molecule has 0 heterocycles. The van der Waals surface area contributed by atoms with Crippen LogP contribution in [-0.4, -0.2) is 11.7 Å². The van der Waals surface area contributed by atoms with E-state index >= 15 is 0 Å². The standard InChI is InChI=1S/C10H16O/c1-7-3-8-4-10(2,5-8)9(7)6-11/h8,11H,3-6H2,1-2H3. The number of aliphatic hydroxyl groups excluding tert-OH is 1. The molecule has 1 N–H and O–H groups in total. The molecule has 0 unspecified atom stereocenters. The highest BCUT2D eigenvalue weighted by Crippen LogP contribution is 2.57. The molecule has 3 aliphatic rings. The summed E-state index contributed by atoms with van der Waals surface area (Å²) in [5, 5.41) is 9.16. The summed E-state index contributed by atoms with van der Waals surface area (Å²) < 4.78 is 0. The van der Waals surface area contributed by atoms with E-state index in [2.05, 4.69) is 13.8 Å². The highest BCUT2D eigenvalue weighted by Gasteiger charge is 2.46. The number of hydrogen-bond donors (Lipinski definition) is 1. The van der Waals surface area contributed by atoms with Crippen molar-refractivity contribution in [2.24, 2.45) is 11.3 Å². The molecule has 0 aromatic carbocycles. The van der Waals surface area contributed by atoms with E-state index in [9.17, 15) is 0 Å². The molecule has 0 radical (unpaired) electrons. The second-order valence-electron chi connectivity index (χ2n) is 4.46. The van der Waals surface area contributed by atoms with Gasteiger partial charge in [-0.05, 0) is 43.1 Å². The molecule has 0 aromatic heterocycles. The van der Waals surface area contributed by atoms with Crippen molar-refractivity contribution in [2.45, 2.75) is 33.1 Å². The second kappa shape index (κ2) is 2.10. The first kappa shape index (κ1) is 7.35. The first-order chi connectivity index (χ1) is 5.15. The lowest BCUT2D eigenvalue weighted by Gasteiger charge is -2.52. The Bertz CT molecular complexity index is 209. The first-order valence-corrected chi connectivity index (χ1v) is 4.46. The van der Waals surface area contributed by atoms with Gasteiger partial charge in [-0.15, -0.1) is 0 Å². The predicted octanol–water partition coefficient (Wildman–Crippen LogP) is 2.12. The van der Waals surface area contributed by atoms with E-state index in [1.807, 2.05) is 0 Å². The second-order valence-corrected chi connectivity index (χ2v) is 4.46. The van der Waals surface area contributed by atoms with Crippen molar-refractivity contribution < 1.29 is 5.11 Å². The lowest BCUT2D eigenvalue weighted by Crippen LogP contribution is -2.41. The zero-order chi connectivity index (χ0) is 8.06. The van der Waals surface area contributed by atoms with Crippen molar-refractivity contribution in [3.63, 3.8) is 0 Å². The van der Waals surface area contributed by atoms with Crippen molar-refractivity contribution >= 4 is 0 Å². The summed E-state index contributed by atoms with van der Waals surface area (Å²) in [4.78, 5) is 0. The number of rotatable bonds is 1.